The molecule has 226 valence electrons. The fraction of sp³-hybridized carbons (Fsp3) is 0.0938. The standard InChI is InChI=1S/C32H27ClN4O2.BF4/c1-3-39-32(38)23(2)29(34-26-21-19-25(33)20-22-26)31-36(27-15-9-5-10-16-27)30(24-13-7-4-8-14-24)35-37(31)28-17-11-6-12-18-28;2-1(3,4)5/h4-22H,3H2,1-2H3;/q;-1/p+1. The Labute approximate surface area is 257 Å². The number of nitrogens with one attached hydrogen (secondary N) is 1. The van der Waals surface area contributed by atoms with Crippen LogP contribution in [-0.2, 0) is 9.53 Å². The third-order valence-corrected chi connectivity index (χ3v) is 6.41. The Morgan fingerprint density at radius 3 is 1.93 bits per heavy atom. The third kappa shape index (κ3) is 8.35. The SMILES string of the molecule is CCOC(=O)/C(C)=C(/Nc1ccc(Cl)cc1)c1n(-c2ccccc2)nc(-c2ccccc2)[n+]1-c1ccccc1.F[B-](F)(F)F. The second-order valence-corrected chi connectivity index (χ2v) is 9.72. The lowest BCUT2D eigenvalue weighted by Crippen LogP contribution is -2.38. The summed E-state index contributed by atoms with van der Waals surface area (Å²) in [4.78, 5) is 13.2. The maximum absolute atomic E-state index is 13.2. The van der Waals surface area contributed by atoms with E-state index in [1.807, 2.05) is 108 Å². The Morgan fingerprint density at radius 1 is 0.864 bits per heavy atom. The van der Waals surface area contributed by atoms with E-state index in [1.54, 1.807) is 26.0 Å². The van der Waals surface area contributed by atoms with Gasteiger partial charge >= 0.3 is 19.0 Å². The number of benzene rings is 4. The van der Waals surface area contributed by atoms with Crippen molar-refractivity contribution in [1.82, 2.24) is 9.78 Å². The van der Waals surface area contributed by atoms with Gasteiger partial charge in [0.1, 0.15) is 17.1 Å². The number of para-hydroxylation sites is 2. The first-order valence-corrected chi connectivity index (χ1v) is 13.9. The number of rotatable bonds is 8. The van der Waals surface area contributed by atoms with Crippen LogP contribution in [0.15, 0.2) is 121 Å². The number of hydrogen-bond acceptors (Lipinski definition) is 4. The number of aromatic nitrogens is 3. The minimum Gasteiger partial charge on any atom is -0.463 e. The first-order valence-electron chi connectivity index (χ1n) is 13.6. The van der Waals surface area contributed by atoms with Gasteiger partial charge in [-0.05, 0) is 74.5 Å². The number of nitrogens with zero attached hydrogens (tertiary/aromatic N) is 3. The number of esters is 1. The first-order chi connectivity index (χ1) is 21.1. The molecule has 0 spiro atoms. The fourth-order valence-corrected chi connectivity index (χ4v) is 4.41. The van der Waals surface area contributed by atoms with Gasteiger partial charge in [0, 0.05) is 10.7 Å². The Morgan fingerprint density at radius 2 is 1.39 bits per heavy atom. The number of carbonyl (C=O) groups excluding carboxylic acids is 1. The monoisotopic (exact) mass is 622 g/mol. The largest absolute Gasteiger partial charge is 0.673 e. The molecule has 0 saturated carbocycles. The van der Waals surface area contributed by atoms with Gasteiger partial charge in [-0.15, -0.1) is 0 Å². The van der Waals surface area contributed by atoms with E-state index in [2.05, 4.69) is 9.88 Å². The van der Waals surface area contributed by atoms with Crippen molar-refractivity contribution < 1.29 is 31.4 Å². The normalized spacial score (nSPS) is 11.6. The summed E-state index contributed by atoms with van der Waals surface area (Å²) in [5.41, 5.74) is 4.38. The van der Waals surface area contributed by atoms with E-state index < -0.39 is 13.2 Å². The summed E-state index contributed by atoms with van der Waals surface area (Å²) in [5, 5.41) is 9.23. The second-order valence-electron chi connectivity index (χ2n) is 9.28. The summed E-state index contributed by atoms with van der Waals surface area (Å²) >= 11 is 6.17. The highest BCUT2D eigenvalue weighted by atomic mass is 35.5. The lowest BCUT2D eigenvalue weighted by molar-refractivity contribution is -0.587. The summed E-state index contributed by atoms with van der Waals surface area (Å²) < 4.78 is 48.4. The summed E-state index contributed by atoms with van der Waals surface area (Å²) in [6.45, 7) is 3.82. The third-order valence-electron chi connectivity index (χ3n) is 6.16. The minimum atomic E-state index is -6.00. The molecule has 0 fully saturated rings. The first kappa shape index (κ1) is 32.0. The van der Waals surface area contributed by atoms with Crippen molar-refractivity contribution in [1.29, 1.82) is 0 Å². The Balaban J connectivity index is 0.000000818. The van der Waals surface area contributed by atoms with Crippen LogP contribution in [0.3, 0.4) is 0 Å². The van der Waals surface area contributed by atoms with Crippen LogP contribution in [0, 0.1) is 0 Å². The van der Waals surface area contributed by atoms with Gasteiger partial charge in [0.25, 0.3) is 5.82 Å². The summed E-state index contributed by atoms with van der Waals surface area (Å²) in [7, 11) is -6.00. The number of hydrogen-bond donors (Lipinski definition) is 1. The molecule has 44 heavy (non-hydrogen) atoms. The van der Waals surface area contributed by atoms with Crippen molar-refractivity contribution in [3.63, 3.8) is 0 Å². The quantitative estimate of drug-likeness (QED) is 0.0624. The van der Waals surface area contributed by atoms with E-state index in [0.717, 1.165) is 22.6 Å². The van der Waals surface area contributed by atoms with Crippen molar-refractivity contribution in [2.24, 2.45) is 0 Å². The van der Waals surface area contributed by atoms with E-state index >= 15 is 0 Å². The molecule has 6 nitrogen and oxygen atoms in total. The average molecular weight is 623 g/mol. The molecule has 0 amide bonds. The lowest BCUT2D eigenvalue weighted by Gasteiger charge is -2.15. The van der Waals surface area contributed by atoms with Crippen LogP contribution in [0.25, 0.3) is 28.5 Å². The molecule has 0 atom stereocenters. The van der Waals surface area contributed by atoms with E-state index in [-0.39, 0.29) is 6.61 Å². The van der Waals surface area contributed by atoms with E-state index in [9.17, 15) is 22.1 Å². The molecule has 1 N–H and O–H groups in total. The van der Waals surface area contributed by atoms with Crippen LogP contribution in [0.4, 0.5) is 23.0 Å². The van der Waals surface area contributed by atoms with Crippen molar-refractivity contribution in [3.8, 4) is 22.8 Å². The van der Waals surface area contributed by atoms with Crippen LogP contribution in [0.5, 0.6) is 0 Å². The molecule has 0 aliphatic rings. The average Bonchev–Trinajstić information content (AvgIpc) is 3.41. The van der Waals surface area contributed by atoms with Gasteiger partial charge in [-0.3, -0.25) is 0 Å². The fourth-order valence-electron chi connectivity index (χ4n) is 4.28. The van der Waals surface area contributed by atoms with Crippen molar-refractivity contribution in [2.75, 3.05) is 11.9 Å². The van der Waals surface area contributed by atoms with Crippen LogP contribution in [0.2, 0.25) is 5.02 Å². The molecule has 0 aliphatic heterocycles. The van der Waals surface area contributed by atoms with E-state index in [1.165, 1.54) is 0 Å². The van der Waals surface area contributed by atoms with Gasteiger partial charge in [0.2, 0.25) is 0 Å². The molecule has 1 aromatic heterocycles. The number of ether oxygens (including phenoxy) is 1. The molecule has 0 bridgehead atoms. The summed E-state index contributed by atoms with van der Waals surface area (Å²) in [6.07, 6.45) is 0. The molecular weight excluding hydrogens is 595 g/mol. The molecule has 0 saturated heterocycles. The smallest absolute Gasteiger partial charge is 0.463 e. The van der Waals surface area contributed by atoms with Gasteiger partial charge in [0.05, 0.1) is 22.8 Å². The van der Waals surface area contributed by atoms with Crippen LogP contribution >= 0.6 is 11.6 Å². The van der Waals surface area contributed by atoms with Crippen molar-refractivity contribution in [3.05, 3.63) is 132 Å². The highest BCUT2D eigenvalue weighted by Crippen LogP contribution is 2.28. The molecule has 5 aromatic rings. The number of anilines is 1. The molecule has 12 heteroatoms. The second kappa shape index (κ2) is 14.5. The highest BCUT2D eigenvalue weighted by molar-refractivity contribution is 6.50. The zero-order valence-electron chi connectivity index (χ0n) is 23.8. The molecule has 4 aromatic carbocycles. The van der Waals surface area contributed by atoms with Crippen LogP contribution in [0.1, 0.15) is 19.7 Å². The summed E-state index contributed by atoms with van der Waals surface area (Å²) in [5.74, 6) is 0.954. The predicted octanol–water partition coefficient (Wildman–Crippen LogP) is 8.18. The van der Waals surface area contributed by atoms with E-state index in [0.29, 0.717) is 27.9 Å². The van der Waals surface area contributed by atoms with E-state index in [4.69, 9.17) is 21.4 Å². The molecule has 0 radical (unpaired) electrons. The number of halogens is 5. The van der Waals surface area contributed by atoms with Crippen molar-refractivity contribution in [2.45, 2.75) is 13.8 Å². The molecule has 5 rings (SSSR count). The molecule has 0 aliphatic carbocycles. The minimum absolute atomic E-state index is 0.260. The topological polar surface area (TPSA) is 60.0 Å². The predicted molar refractivity (Wildman–Crippen MR) is 165 cm³/mol. The van der Waals surface area contributed by atoms with Crippen molar-refractivity contribution >= 4 is 36.2 Å². The Hall–Kier alpha value is -4.90. The van der Waals surface area contributed by atoms with Crippen LogP contribution in [-0.4, -0.2) is 29.6 Å². The van der Waals surface area contributed by atoms with Gasteiger partial charge in [-0.2, -0.15) is 4.57 Å². The van der Waals surface area contributed by atoms with Gasteiger partial charge in [-0.25, -0.2) is 4.79 Å². The lowest BCUT2D eigenvalue weighted by atomic mass is 10.1. The molecular formula is C32H28BClF4N4O2. The molecule has 1 heterocycles. The van der Waals surface area contributed by atoms with Gasteiger partial charge in [0.15, 0.2) is 0 Å². The van der Waals surface area contributed by atoms with Gasteiger partial charge in [-0.1, -0.05) is 70.9 Å². The zero-order chi connectivity index (χ0) is 31.7. The Kier molecular flexibility index (Phi) is 10.6. The summed E-state index contributed by atoms with van der Waals surface area (Å²) in [6, 6.07) is 37.2. The highest BCUT2D eigenvalue weighted by Gasteiger charge is 2.34. The zero-order valence-corrected chi connectivity index (χ0v) is 24.6. The Bertz CT molecular complexity index is 1710. The number of carbonyl (C=O) groups is 1. The maximum Gasteiger partial charge on any atom is 0.673 e. The van der Waals surface area contributed by atoms with Crippen LogP contribution < -0.4 is 9.88 Å². The maximum atomic E-state index is 13.2. The van der Waals surface area contributed by atoms with Gasteiger partial charge < -0.3 is 27.3 Å². The molecule has 0 unspecified atom stereocenters.